The van der Waals surface area contributed by atoms with Crippen LogP contribution in [-0.4, -0.2) is 21.2 Å². The van der Waals surface area contributed by atoms with E-state index < -0.39 is 5.97 Å². The number of aliphatic carboxylic acids is 1. The first-order valence-electron chi connectivity index (χ1n) is 7.49. The molecule has 3 rings (SSSR count). The van der Waals surface area contributed by atoms with E-state index in [1.54, 1.807) is 0 Å². The standard InChI is InChI=1S/C18H17N3O2S/c1-11-14(10-17(22)23)15-9-13(7-8-16(15)19-11)21-18(24)20-12-5-3-2-4-6-12/h2-9,19H,10H2,1H3,(H,22,23)(H2,20,21,24). The molecule has 0 saturated heterocycles. The first-order chi connectivity index (χ1) is 11.5. The van der Waals surface area contributed by atoms with Crippen molar-refractivity contribution in [3.8, 4) is 0 Å². The van der Waals surface area contributed by atoms with E-state index >= 15 is 0 Å². The number of hydrogen-bond donors (Lipinski definition) is 4. The second kappa shape index (κ2) is 6.72. The summed E-state index contributed by atoms with van der Waals surface area (Å²) < 4.78 is 0. The van der Waals surface area contributed by atoms with Crippen LogP contribution >= 0.6 is 12.2 Å². The van der Waals surface area contributed by atoms with Crippen LogP contribution in [0.4, 0.5) is 11.4 Å². The van der Waals surface area contributed by atoms with Crippen LogP contribution in [0.5, 0.6) is 0 Å². The Kier molecular flexibility index (Phi) is 4.48. The molecule has 0 fully saturated rings. The van der Waals surface area contributed by atoms with E-state index in [4.69, 9.17) is 17.3 Å². The summed E-state index contributed by atoms with van der Waals surface area (Å²) >= 11 is 5.32. The first kappa shape index (κ1) is 16.0. The van der Waals surface area contributed by atoms with Crippen LogP contribution in [-0.2, 0) is 11.2 Å². The molecular formula is C18H17N3O2S. The number of H-pyrrole nitrogens is 1. The summed E-state index contributed by atoms with van der Waals surface area (Å²) in [6.07, 6.45) is -0.0119. The highest BCUT2D eigenvalue weighted by Gasteiger charge is 2.12. The summed E-state index contributed by atoms with van der Waals surface area (Å²) in [6.45, 7) is 1.88. The third kappa shape index (κ3) is 3.55. The van der Waals surface area contributed by atoms with E-state index in [-0.39, 0.29) is 6.42 Å². The van der Waals surface area contributed by atoms with Gasteiger partial charge in [0.25, 0.3) is 0 Å². The molecule has 0 atom stereocenters. The number of anilines is 2. The zero-order valence-corrected chi connectivity index (χ0v) is 13.9. The highest BCUT2D eigenvalue weighted by Crippen LogP contribution is 2.26. The molecule has 0 aliphatic rings. The van der Waals surface area contributed by atoms with E-state index in [0.29, 0.717) is 5.11 Å². The van der Waals surface area contributed by atoms with Crippen molar-refractivity contribution in [2.24, 2.45) is 0 Å². The maximum atomic E-state index is 11.1. The van der Waals surface area contributed by atoms with E-state index in [0.717, 1.165) is 33.5 Å². The molecule has 2 aromatic carbocycles. The normalized spacial score (nSPS) is 10.5. The van der Waals surface area contributed by atoms with E-state index in [2.05, 4.69) is 15.6 Å². The van der Waals surface area contributed by atoms with Gasteiger partial charge in [0.1, 0.15) is 0 Å². The molecule has 0 radical (unpaired) electrons. The fourth-order valence-corrected chi connectivity index (χ4v) is 2.89. The Hall–Kier alpha value is -2.86. The van der Waals surface area contributed by atoms with Gasteiger partial charge in [-0.1, -0.05) is 18.2 Å². The Morgan fingerprint density at radius 1 is 1.12 bits per heavy atom. The van der Waals surface area contributed by atoms with E-state index in [1.807, 2.05) is 55.5 Å². The van der Waals surface area contributed by atoms with Gasteiger partial charge in [0, 0.05) is 28.0 Å². The van der Waals surface area contributed by atoms with Crippen molar-refractivity contribution in [2.75, 3.05) is 10.6 Å². The number of hydrogen-bond acceptors (Lipinski definition) is 2. The average Bonchev–Trinajstić information content (AvgIpc) is 2.83. The number of aromatic nitrogens is 1. The fraction of sp³-hybridized carbons (Fsp3) is 0.111. The maximum Gasteiger partial charge on any atom is 0.307 e. The van der Waals surface area contributed by atoms with Crippen molar-refractivity contribution >= 4 is 45.6 Å². The summed E-state index contributed by atoms with van der Waals surface area (Å²) in [6, 6.07) is 15.4. The number of carboxylic acid groups (broad SMARTS) is 1. The van der Waals surface area contributed by atoms with Crippen molar-refractivity contribution in [2.45, 2.75) is 13.3 Å². The number of rotatable bonds is 4. The second-order valence-corrected chi connectivity index (χ2v) is 5.91. The SMILES string of the molecule is Cc1[nH]c2ccc(NC(=S)Nc3ccccc3)cc2c1CC(=O)O. The van der Waals surface area contributed by atoms with Crippen LogP contribution in [0.25, 0.3) is 10.9 Å². The van der Waals surface area contributed by atoms with Gasteiger partial charge in [0.05, 0.1) is 6.42 Å². The Balaban J connectivity index is 1.82. The molecule has 3 aromatic rings. The predicted octanol–water partition coefficient (Wildman–Crippen LogP) is 3.91. The molecule has 4 N–H and O–H groups in total. The van der Waals surface area contributed by atoms with Gasteiger partial charge >= 0.3 is 5.97 Å². The molecule has 24 heavy (non-hydrogen) atoms. The highest BCUT2D eigenvalue weighted by molar-refractivity contribution is 7.80. The Labute approximate surface area is 144 Å². The lowest BCUT2D eigenvalue weighted by atomic mass is 10.1. The van der Waals surface area contributed by atoms with Crippen LogP contribution in [0.3, 0.4) is 0 Å². The van der Waals surface area contributed by atoms with Gasteiger partial charge < -0.3 is 20.7 Å². The summed E-state index contributed by atoms with van der Waals surface area (Å²) in [5, 5.41) is 16.7. The van der Waals surface area contributed by atoms with Gasteiger partial charge in [-0.3, -0.25) is 4.79 Å². The van der Waals surface area contributed by atoms with E-state index in [9.17, 15) is 4.79 Å². The smallest absolute Gasteiger partial charge is 0.307 e. The number of aryl methyl sites for hydroxylation is 1. The van der Waals surface area contributed by atoms with Crippen molar-refractivity contribution in [1.82, 2.24) is 4.98 Å². The molecule has 1 heterocycles. The summed E-state index contributed by atoms with van der Waals surface area (Å²) in [5.74, 6) is -0.848. The molecule has 0 saturated carbocycles. The first-order valence-corrected chi connectivity index (χ1v) is 7.90. The summed E-state index contributed by atoms with van der Waals surface area (Å²) in [4.78, 5) is 14.3. The minimum absolute atomic E-state index is 0.0119. The molecule has 0 aliphatic carbocycles. The van der Waals surface area contributed by atoms with Gasteiger partial charge in [-0.15, -0.1) is 0 Å². The van der Waals surface area contributed by atoms with Gasteiger partial charge in [0.15, 0.2) is 5.11 Å². The molecule has 0 bridgehead atoms. The lowest BCUT2D eigenvalue weighted by Gasteiger charge is -2.10. The van der Waals surface area contributed by atoms with E-state index in [1.165, 1.54) is 0 Å². The van der Waals surface area contributed by atoms with Crippen LogP contribution in [0.2, 0.25) is 0 Å². The molecule has 122 valence electrons. The molecule has 5 nitrogen and oxygen atoms in total. The average molecular weight is 339 g/mol. The number of para-hydroxylation sites is 1. The minimum Gasteiger partial charge on any atom is -0.481 e. The highest BCUT2D eigenvalue weighted by atomic mass is 32.1. The fourth-order valence-electron chi connectivity index (χ4n) is 2.65. The van der Waals surface area contributed by atoms with Crippen molar-refractivity contribution in [1.29, 1.82) is 0 Å². The second-order valence-electron chi connectivity index (χ2n) is 5.50. The number of aromatic amines is 1. The molecule has 6 heteroatoms. The number of benzene rings is 2. The zero-order chi connectivity index (χ0) is 17.1. The molecule has 0 aliphatic heterocycles. The van der Waals surface area contributed by atoms with Crippen LogP contribution < -0.4 is 10.6 Å². The van der Waals surface area contributed by atoms with Crippen LogP contribution in [0, 0.1) is 6.92 Å². The Morgan fingerprint density at radius 3 is 2.54 bits per heavy atom. The van der Waals surface area contributed by atoms with Crippen LogP contribution in [0.1, 0.15) is 11.3 Å². The quantitative estimate of drug-likeness (QED) is 0.542. The summed E-state index contributed by atoms with van der Waals surface area (Å²) in [5.41, 5.74) is 4.29. The molecule has 1 aromatic heterocycles. The van der Waals surface area contributed by atoms with Crippen molar-refractivity contribution in [3.63, 3.8) is 0 Å². The number of nitrogens with one attached hydrogen (secondary N) is 3. The molecular weight excluding hydrogens is 322 g/mol. The largest absolute Gasteiger partial charge is 0.481 e. The number of fused-ring (bicyclic) bond motifs is 1. The van der Waals surface area contributed by atoms with Crippen molar-refractivity contribution < 1.29 is 9.90 Å². The Bertz CT molecular complexity index is 903. The molecule has 0 amide bonds. The third-order valence-electron chi connectivity index (χ3n) is 3.74. The Morgan fingerprint density at radius 2 is 1.83 bits per heavy atom. The zero-order valence-electron chi connectivity index (χ0n) is 13.1. The lowest BCUT2D eigenvalue weighted by Crippen LogP contribution is -2.18. The lowest BCUT2D eigenvalue weighted by molar-refractivity contribution is -0.136. The topological polar surface area (TPSA) is 77.2 Å². The number of carboxylic acids is 1. The molecule has 0 unspecified atom stereocenters. The van der Waals surface area contributed by atoms with Crippen molar-refractivity contribution in [3.05, 3.63) is 59.8 Å². The predicted molar refractivity (Wildman–Crippen MR) is 101 cm³/mol. The number of thiocarbonyl (C=S) groups is 1. The number of carbonyl (C=O) groups is 1. The summed E-state index contributed by atoms with van der Waals surface area (Å²) in [7, 11) is 0. The van der Waals surface area contributed by atoms with Crippen LogP contribution in [0.15, 0.2) is 48.5 Å². The van der Waals surface area contributed by atoms with Gasteiger partial charge in [-0.05, 0) is 55.0 Å². The van der Waals surface area contributed by atoms with Gasteiger partial charge in [0.2, 0.25) is 0 Å². The molecule has 0 spiro atoms. The third-order valence-corrected chi connectivity index (χ3v) is 3.94. The van der Waals surface area contributed by atoms with Gasteiger partial charge in [-0.2, -0.15) is 0 Å². The maximum absolute atomic E-state index is 11.1. The monoisotopic (exact) mass is 339 g/mol. The van der Waals surface area contributed by atoms with Gasteiger partial charge in [-0.25, -0.2) is 0 Å². The minimum atomic E-state index is -0.848.